The summed E-state index contributed by atoms with van der Waals surface area (Å²) in [5.41, 5.74) is 1.20. The molecule has 0 aliphatic carbocycles. The lowest BCUT2D eigenvalue weighted by Gasteiger charge is -1.90. The fourth-order valence-electron chi connectivity index (χ4n) is 1.47. The van der Waals surface area contributed by atoms with Crippen molar-refractivity contribution in [1.82, 2.24) is 8.75 Å². The van der Waals surface area contributed by atoms with Crippen molar-refractivity contribution in [2.24, 2.45) is 0 Å². The highest BCUT2D eigenvalue weighted by Crippen LogP contribution is 2.33. The SMILES string of the molecule is Clc1nsnc1-c1cc2cccc(Cl)c2o1. The Labute approximate surface area is 105 Å². The molecule has 3 rings (SSSR count). The summed E-state index contributed by atoms with van der Waals surface area (Å²) in [6.45, 7) is 0. The number of hydrogen-bond donors (Lipinski definition) is 0. The van der Waals surface area contributed by atoms with Gasteiger partial charge in [0.05, 0.1) is 16.8 Å². The van der Waals surface area contributed by atoms with Crippen LogP contribution < -0.4 is 0 Å². The van der Waals surface area contributed by atoms with Crippen LogP contribution in [0.1, 0.15) is 0 Å². The van der Waals surface area contributed by atoms with Crippen LogP contribution in [0, 0.1) is 0 Å². The summed E-state index contributed by atoms with van der Waals surface area (Å²) < 4.78 is 13.6. The number of rotatable bonds is 1. The maximum Gasteiger partial charge on any atom is 0.174 e. The highest BCUT2D eigenvalue weighted by molar-refractivity contribution is 6.99. The van der Waals surface area contributed by atoms with Crippen LogP contribution in [0.15, 0.2) is 28.7 Å². The summed E-state index contributed by atoms with van der Waals surface area (Å²) in [5, 5.41) is 1.84. The average Bonchev–Trinajstić information content (AvgIpc) is 2.84. The summed E-state index contributed by atoms with van der Waals surface area (Å²) in [6, 6.07) is 7.41. The number of aromatic nitrogens is 2. The van der Waals surface area contributed by atoms with E-state index in [2.05, 4.69) is 8.75 Å². The van der Waals surface area contributed by atoms with Crippen molar-refractivity contribution >= 4 is 45.9 Å². The van der Waals surface area contributed by atoms with Crippen LogP contribution in [0.4, 0.5) is 0 Å². The third-order valence-electron chi connectivity index (χ3n) is 2.18. The Bertz CT molecular complexity index is 662. The van der Waals surface area contributed by atoms with Crippen molar-refractivity contribution in [2.75, 3.05) is 0 Å². The minimum Gasteiger partial charge on any atom is -0.453 e. The zero-order valence-electron chi connectivity index (χ0n) is 7.78. The first-order valence-electron chi connectivity index (χ1n) is 4.42. The Morgan fingerprint density at radius 1 is 1.19 bits per heavy atom. The molecule has 2 heterocycles. The Balaban J connectivity index is 2.27. The van der Waals surface area contributed by atoms with E-state index in [0.717, 1.165) is 17.1 Å². The van der Waals surface area contributed by atoms with Gasteiger partial charge in [-0.2, -0.15) is 8.75 Å². The van der Waals surface area contributed by atoms with Gasteiger partial charge >= 0.3 is 0 Å². The first-order chi connectivity index (χ1) is 7.75. The maximum atomic E-state index is 6.01. The molecule has 0 aliphatic heterocycles. The fraction of sp³-hybridized carbons (Fsp3) is 0. The molecule has 3 nitrogen and oxygen atoms in total. The van der Waals surface area contributed by atoms with Gasteiger partial charge in [-0.05, 0) is 12.1 Å². The highest BCUT2D eigenvalue weighted by Gasteiger charge is 2.14. The van der Waals surface area contributed by atoms with Crippen LogP contribution >= 0.6 is 34.9 Å². The number of furan rings is 1. The van der Waals surface area contributed by atoms with Crippen LogP contribution in [-0.2, 0) is 0 Å². The summed E-state index contributed by atoms with van der Waals surface area (Å²) in [5.74, 6) is 0.585. The summed E-state index contributed by atoms with van der Waals surface area (Å²) >= 11 is 12.9. The van der Waals surface area contributed by atoms with E-state index < -0.39 is 0 Å². The van der Waals surface area contributed by atoms with Crippen molar-refractivity contribution < 1.29 is 4.42 Å². The molecule has 16 heavy (non-hydrogen) atoms. The lowest BCUT2D eigenvalue weighted by Crippen LogP contribution is -1.71. The molecule has 0 saturated heterocycles. The lowest BCUT2D eigenvalue weighted by molar-refractivity contribution is 0.630. The number of nitrogens with zero attached hydrogens (tertiary/aromatic N) is 2. The normalized spacial score (nSPS) is 11.1. The van der Waals surface area contributed by atoms with Crippen LogP contribution in [-0.4, -0.2) is 8.75 Å². The molecule has 3 aromatic rings. The number of fused-ring (bicyclic) bond motifs is 1. The van der Waals surface area contributed by atoms with E-state index in [1.54, 1.807) is 6.07 Å². The standard InChI is InChI=1S/C10H4Cl2N2OS/c11-6-3-1-2-5-4-7(15-9(5)6)8-10(12)14-16-13-8/h1-4H. The Hall–Kier alpha value is -1.10. The van der Waals surface area contributed by atoms with Gasteiger partial charge in [0, 0.05) is 5.39 Å². The van der Waals surface area contributed by atoms with Crippen molar-refractivity contribution in [3.8, 4) is 11.5 Å². The molecule has 0 bridgehead atoms. The average molecular weight is 271 g/mol. The second-order valence-corrected chi connectivity index (χ2v) is 4.47. The summed E-state index contributed by atoms with van der Waals surface area (Å²) in [7, 11) is 0. The van der Waals surface area contributed by atoms with Crippen molar-refractivity contribution in [1.29, 1.82) is 0 Å². The van der Waals surface area contributed by atoms with Gasteiger partial charge in [-0.3, -0.25) is 0 Å². The van der Waals surface area contributed by atoms with Gasteiger partial charge in [0.1, 0.15) is 0 Å². The van der Waals surface area contributed by atoms with E-state index >= 15 is 0 Å². The quantitative estimate of drug-likeness (QED) is 0.663. The van der Waals surface area contributed by atoms with Crippen LogP contribution in [0.25, 0.3) is 22.4 Å². The number of halogens is 2. The topological polar surface area (TPSA) is 38.9 Å². The molecule has 6 heteroatoms. The number of para-hydroxylation sites is 1. The molecule has 0 saturated carbocycles. The Morgan fingerprint density at radius 2 is 2.06 bits per heavy atom. The molecule has 80 valence electrons. The van der Waals surface area contributed by atoms with Crippen molar-refractivity contribution in [3.05, 3.63) is 34.4 Å². The Kier molecular flexibility index (Phi) is 2.35. The molecule has 0 atom stereocenters. The second kappa shape index (κ2) is 3.73. The minimum atomic E-state index is 0.347. The maximum absolute atomic E-state index is 6.01. The Morgan fingerprint density at radius 3 is 2.75 bits per heavy atom. The second-order valence-electron chi connectivity index (χ2n) is 3.17. The van der Waals surface area contributed by atoms with Crippen molar-refractivity contribution in [2.45, 2.75) is 0 Å². The largest absolute Gasteiger partial charge is 0.453 e. The molecular formula is C10H4Cl2N2OS. The van der Waals surface area contributed by atoms with E-state index in [1.807, 2.05) is 18.2 Å². The smallest absolute Gasteiger partial charge is 0.174 e. The van der Waals surface area contributed by atoms with Crippen LogP contribution in [0.5, 0.6) is 0 Å². The fourth-order valence-corrected chi connectivity index (χ4v) is 2.42. The minimum absolute atomic E-state index is 0.347. The van der Waals surface area contributed by atoms with Gasteiger partial charge in [0.2, 0.25) is 0 Å². The molecule has 0 radical (unpaired) electrons. The molecular weight excluding hydrogens is 267 g/mol. The monoisotopic (exact) mass is 270 g/mol. The first-order valence-corrected chi connectivity index (χ1v) is 5.91. The third kappa shape index (κ3) is 1.50. The predicted molar refractivity (Wildman–Crippen MR) is 65.1 cm³/mol. The zero-order valence-corrected chi connectivity index (χ0v) is 10.1. The summed E-state index contributed by atoms with van der Waals surface area (Å²) in [4.78, 5) is 0. The van der Waals surface area contributed by atoms with E-state index in [0.29, 0.717) is 27.2 Å². The highest BCUT2D eigenvalue weighted by atomic mass is 35.5. The van der Waals surface area contributed by atoms with Gasteiger partial charge in [-0.1, -0.05) is 35.3 Å². The third-order valence-corrected chi connectivity index (χ3v) is 3.37. The van der Waals surface area contributed by atoms with E-state index in [9.17, 15) is 0 Å². The molecule has 1 aromatic carbocycles. The van der Waals surface area contributed by atoms with Gasteiger partial charge < -0.3 is 4.42 Å². The molecule has 0 spiro atoms. The van der Waals surface area contributed by atoms with Gasteiger partial charge in [-0.15, -0.1) is 0 Å². The predicted octanol–water partition coefficient (Wildman–Crippen LogP) is 4.26. The zero-order chi connectivity index (χ0) is 11.1. The van der Waals surface area contributed by atoms with E-state index in [-0.39, 0.29) is 0 Å². The van der Waals surface area contributed by atoms with Crippen molar-refractivity contribution in [3.63, 3.8) is 0 Å². The summed E-state index contributed by atoms with van der Waals surface area (Å²) in [6.07, 6.45) is 0. The van der Waals surface area contributed by atoms with Gasteiger partial charge in [0.25, 0.3) is 0 Å². The van der Waals surface area contributed by atoms with Crippen LogP contribution in [0.3, 0.4) is 0 Å². The van der Waals surface area contributed by atoms with E-state index in [4.69, 9.17) is 27.6 Å². The molecule has 0 fully saturated rings. The first kappa shape index (κ1) is 10.1. The van der Waals surface area contributed by atoms with Crippen LogP contribution in [0.2, 0.25) is 10.2 Å². The molecule has 0 amide bonds. The molecule has 0 N–H and O–H groups in total. The number of hydrogen-bond acceptors (Lipinski definition) is 4. The molecule has 0 unspecified atom stereocenters. The molecule has 0 aliphatic rings. The van der Waals surface area contributed by atoms with E-state index in [1.165, 1.54) is 0 Å². The molecule has 2 aromatic heterocycles. The van der Waals surface area contributed by atoms with Gasteiger partial charge in [-0.25, -0.2) is 0 Å². The lowest BCUT2D eigenvalue weighted by atomic mass is 10.2. The van der Waals surface area contributed by atoms with Gasteiger partial charge in [0.15, 0.2) is 22.2 Å². The number of benzene rings is 1.